The van der Waals surface area contributed by atoms with Crippen molar-refractivity contribution in [1.82, 2.24) is 5.32 Å². The highest BCUT2D eigenvalue weighted by atomic mass is 79.9. The predicted octanol–water partition coefficient (Wildman–Crippen LogP) is 4.55. The van der Waals surface area contributed by atoms with Crippen LogP contribution in [0.3, 0.4) is 0 Å². The van der Waals surface area contributed by atoms with E-state index in [4.69, 9.17) is 11.6 Å². The lowest BCUT2D eigenvalue weighted by molar-refractivity contribution is 0.509. The summed E-state index contributed by atoms with van der Waals surface area (Å²) in [6.07, 6.45) is 2.33. The summed E-state index contributed by atoms with van der Waals surface area (Å²) in [6.45, 7) is 5.33. The van der Waals surface area contributed by atoms with Gasteiger partial charge in [0.2, 0.25) is 0 Å². The van der Waals surface area contributed by atoms with Gasteiger partial charge in [0.25, 0.3) is 0 Å². The Kier molecular flexibility index (Phi) is 5.65. The molecular formula is C12H17BrClN. The van der Waals surface area contributed by atoms with Crippen LogP contribution in [0.1, 0.15) is 38.3 Å². The number of rotatable bonds is 5. The molecule has 0 aromatic heterocycles. The minimum atomic E-state index is 0.438. The molecule has 0 bridgehead atoms. The summed E-state index contributed by atoms with van der Waals surface area (Å²) >= 11 is 9.43. The average Bonchev–Trinajstić information content (AvgIpc) is 2.22. The standard InChI is InChI=1S/C12H17BrClN/c1-3-5-12(15-4-2)9-6-7-11(14)10(13)8-9/h6-8,12,15H,3-5H2,1-2H3. The molecule has 1 atom stereocenters. The van der Waals surface area contributed by atoms with Crippen LogP contribution in [0.2, 0.25) is 5.02 Å². The van der Waals surface area contributed by atoms with Crippen molar-refractivity contribution in [3.8, 4) is 0 Å². The Hall–Kier alpha value is -0.0500. The Balaban J connectivity index is 2.85. The molecule has 0 saturated heterocycles. The van der Waals surface area contributed by atoms with E-state index in [1.165, 1.54) is 12.0 Å². The number of hydrogen-bond acceptors (Lipinski definition) is 1. The zero-order valence-corrected chi connectivity index (χ0v) is 11.5. The molecule has 1 aromatic rings. The minimum Gasteiger partial charge on any atom is -0.310 e. The van der Waals surface area contributed by atoms with E-state index in [-0.39, 0.29) is 0 Å². The Morgan fingerprint density at radius 3 is 2.67 bits per heavy atom. The van der Waals surface area contributed by atoms with Gasteiger partial charge in [-0.2, -0.15) is 0 Å². The number of nitrogens with one attached hydrogen (secondary N) is 1. The third kappa shape index (κ3) is 3.78. The molecule has 1 rings (SSSR count). The van der Waals surface area contributed by atoms with Gasteiger partial charge in [-0.1, -0.05) is 37.9 Å². The van der Waals surface area contributed by atoms with E-state index < -0.39 is 0 Å². The van der Waals surface area contributed by atoms with Gasteiger partial charge in [0, 0.05) is 10.5 Å². The first-order valence-corrected chi connectivity index (χ1v) is 6.54. The van der Waals surface area contributed by atoms with Crippen molar-refractivity contribution in [2.45, 2.75) is 32.7 Å². The molecule has 0 amide bonds. The fourth-order valence-electron chi connectivity index (χ4n) is 1.65. The zero-order valence-electron chi connectivity index (χ0n) is 9.19. The molecule has 0 saturated carbocycles. The topological polar surface area (TPSA) is 12.0 Å². The average molecular weight is 291 g/mol. The summed E-state index contributed by atoms with van der Waals surface area (Å²) in [5.74, 6) is 0. The maximum absolute atomic E-state index is 5.97. The van der Waals surface area contributed by atoms with Crippen LogP contribution in [-0.2, 0) is 0 Å². The molecule has 3 heteroatoms. The van der Waals surface area contributed by atoms with Gasteiger partial charge in [-0.25, -0.2) is 0 Å². The second kappa shape index (κ2) is 6.51. The molecule has 0 aliphatic rings. The third-order valence-electron chi connectivity index (χ3n) is 2.37. The summed E-state index contributed by atoms with van der Waals surface area (Å²) < 4.78 is 0.973. The van der Waals surface area contributed by atoms with Crippen LogP contribution < -0.4 is 5.32 Å². The second-order valence-electron chi connectivity index (χ2n) is 3.57. The normalized spacial score (nSPS) is 12.8. The minimum absolute atomic E-state index is 0.438. The van der Waals surface area contributed by atoms with Crippen LogP contribution in [0.25, 0.3) is 0 Å². The maximum Gasteiger partial charge on any atom is 0.0548 e. The Bertz CT molecular complexity index is 308. The van der Waals surface area contributed by atoms with Gasteiger partial charge in [0.15, 0.2) is 0 Å². The van der Waals surface area contributed by atoms with Crippen LogP contribution in [0, 0.1) is 0 Å². The first-order chi connectivity index (χ1) is 7.19. The van der Waals surface area contributed by atoms with Gasteiger partial charge in [-0.3, -0.25) is 0 Å². The van der Waals surface area contributed by atoms with E-state index in [1.807, 2.05) is 6.07 Å². The molecule has 1 N–H and O–H groups in total. The smallest absolute Gasteiger partial charge is 0.0548 e. The molecule has 1 aromatic carbocycles. The van der Waals surface area contributed by atoms with Crippen molar-refractivity contribution >= 4 is 27.5 Å². The largest absolute Gasteiger partial charge is 0.310 e. The molecule has 0 fully saturated rings. The highest BCUT2D eigenvalue weighted by Crippen LogP contribution is 2.27. The van der Waals surface area contributed by atoms with E-state index >= 15 is 0 Å². The van der Waals surface area contributed by atoms with E-state index in [0.717, 1.165) is 22.5 Å². The Morgan fingerprint density at radius 1 is 1.40 bits per heavy atom. The van der Waals surface area contributed by atoms with Gasteiger partial charge in [0.1, 0.15) is 0 Å². The summed E-state index contributed by atoms with van der Waals surface area (Å²) in [5, 5.41) is 4.25. The highest BCUT2D eigenvalue weighted by Gasteiger charge is 2.10. The molecule has 0 spiro atoms. The van der Waals surface area contributed by atoms with Crippen molar-refractivity contribution in [3.05, 3.63) is 33.3 Å². The fraction of sp³-hybridized carbons (Fsp3) is 0.500. The molecule has 84 valence electrons. The highest BCUT2D eigenvalue weighted by molar-refractivity contribution is 9.10. The fourth-order valence-corrected chi connectivity index (χ4v) is 2.16. The summed E-state index contributed by atoms with van der Waals surface area (Å²) in [4.78, 5) is 0. The van der Waals surface area contributed by atoms with Crippen molar-refractivity contribution in [3.63, 3.8) is 0 Å². The van der Waals surface area contributed by atoms with Crippen LogP contribution >= 0.6 is 27.5 Å². The van der Waals surface area contributed by atoms with Crippen LogP contribution in [0.15, 0.2) is 22.7 Å². The van der Waals surface area contributed by atoms with Crippen molar-refractivity contribution < 1.29 is 0 Å². The second-order valence-corrected chi connectivity index (χ2v) is 4.83. The van der Waals surface area contributed by atoms with Crippen LogP contribution in [-0.4, -0.2) is 6.54 Å². The van der Waals surface area contributed by atoms with Crippen molar-refractivity contribution in [2.75, 3.05) is 6.54 Å². The summed E-state index contributed by atoms with van der Waals surface area (Å²) in [7, 11) is 0. The lowest BCUT2D eigenvalue weighted by atomic mass is 10.0. The molecule has 0 aliphatic heterocycles. The first kappa shape index (κ1) is 13.0. The molecule has 15 heavy (non-hydrogen) atoms. The van der Waals surface area contributed by atoms with E-state index in [9.17, 15) is 0 Å². The lowest BCUT2D eigenvalue weighted by Crippen LogP contribution is -2.20. The summed E-state index contributed by atoms with van der Waals surface area (Å²) in [6, 6.07) is 6.58. The molecular weight excluding hydrogens is 273 g/mol. The Morgan fingerprint density at radius 2 is 2.13 bits per heavy atom. The molecule has 0 heterocycles. The third-order valence-corrected chi connectivity index (χ3v) is 3.59. The van der Waals surface area contributed by atoms with E-state index in [1.54, 1.807) is 0 Å². The van der Waals surface area contributed by atoms with Crippen LogP contribution in [0.5, 0.6) is 0 Å². The van der Waals surface area contributed by atoms with Gasteiger partial charge in [0.05, 0.1) is 5.02 Å². The Labute approximate surface area is 105 Å². The van der Waals surface area contributed by atoms with Gasteiger partial charge in [-0.15, -0.1) is 0 Å². The molecule has 1 nitrogen and oxygen atoms in total. The quantitative estimate of drug-likeness (QED) is 0.838. The summed E-state index contributed by atoms with van der Waals surface area (Å²) in [5.41, 5.74) is 1.30. The number of halogens is 2. The SMILES string of the molecule is CCCC(NCC)c1ccc(Cl)c(Br)c1. The molecule has 0 aliphatic carbocycles. The first-order valence-electron chi connectivity index (χ1n) is 5.37. The molecule has 0 radical (unpaired) electrons. The monoisotopic (exact) mass is 289 g/mol. The van der Waals surface area contributed by atoms with Crippen molar-refractivity contribution in [1.29, 1.82) is 0 Å². The van der Waals surface area contributed by atoms with Gasteiger partial charge in [-0.05, 0) is 46.6 Å². The lowest BCUT2D eigenvalue weighted by Gasteiger charge is -2.18. The van der Waals surface area contributed by atoms with Crippen LogP contribution in [0.4, 0.5) is 0 Å². The molecule has 1 unspecified atom stereocenters. The number of benzene rings is 1. The number of hydrogen-bond donors (Lipinski definition) is 1. The van der Waals surface area contributed by atoms with Gasteiger partial charge < -0.3 is 5.32 Å². The van der Waals surface area contributed by atoms with E-state index in [0.29, 0.717) is 6.04 Å². The van der Waals surface area contributed by atoms with Gasteiger partial charge >= 0.3 is 0 Å². The predicted molar refractivity (Wildman–Crippen MR) is 70.5 cm³/mol. The van der Waals surface area contributed by atoms with Crippen molar-refractivity contribution in [2.24, 2.45) is 0 Å². The zero-order chi connectivity index (χ0) is 11.3. The van der Waals surface area contributed by atoms with E-state index in [2.05, 4.69) is 47.2 Å². The maximum atomic E-state index is 5.97.